The Morgan fingerprint density at radius 1 is 1.00 bits per heavy atom. The van der Waals surface area contributed by atoms with Crippen LogP contribution in [0.1, 0.15) is 64.2 Å². The largest absolute Gasteiger partial charge is 0.391 e. The Bertz CT molecular complexity index is 281. The number of thiocarbonyl (C=S) groups is 1. The van der Waals surface area contributed by atoms with E-state index in [0.717, 1.165) is 25.7 Å². The summed E-state index contributed by atoms with van der Waals surface area (Å²) >= 11 is 6.43. The summed E-state index contributed by atoms with van der Waals surface area (Å²) in [6.07, 6.45) is 12.1. The summed E-state index contributed by atoms with van der Waals surface area (Å²) in [4.78, 5) is 11.8. The monoisotopic (exact) mass is 301 g/mol. The Balaban J connectivity index is 1.64. The lowest BCUT2D eigenvalue weighted by atomic mass is 9.96. The van der Waals surface area contributed by atoms with Gasteiger partial charge in [-0.1, -0.05) is 38.5 Å². The molecule has 2 saturated carbocycles. The van der Waals surface area contributed by atoms with Gasteiger partial charge in [0, 0.05) is 11.3 Å². The third-order valence-electron chi connectivity index (χ3n) is 3.92. The van der Waals surface area contributed by atoms with Crippen molar-refractivity contribution in [2.75, 3.05) is 0 Å². The molecule has 2 aliphatic rings. The number of rotatable bonds is 2. The summed E-state index contributed by atoms with van der Waals surface area (Å²) in [5.74, 6) is 0. The maximum absolute atomic E-state index is 11.8. The molecule has 0 unspecified atom stereocenters. The summed E-state index contributed by atoms with van der Waals surface area (Å²) in [5, 5.41) is 3.62. The molecule has 2 rings (SSSR count). The smallest absolute Gasteiger partial charge is 0.374 e. The Morgan fingerprint density at radius 2 is 1.58 bits per heavy atom. The van der Waals surface area contributed by atoms with E-state index < -0.39 is 0 Å². The molecule has 19 heavy (non-hydrogen) atoms. The highest BCUT2D eigenvalue weighted by Gasteiger charge is 2.21. The van der Waals surface area contributed by atoms with E-state index in [-0.39, 0.29) is 10.5 Å². The van der Waals surface area contributed by atoms with Gasteiger partial charge in [-0.15, -0.1) is 0 Å². The molecule has 108 valence electrons. The van der Waals surface area contributed by atoms with Crippen LogP contribution >= 0.6 is 24.0 Å². The van der Waals surface area contributed by atoms with Gasteiger partial charge in [0.2, 0.25) is 0 Å². The highest BCUT2D eigenvalue weighted by molar-refractivity contribution is 8.13. The molecule has 2 fully saturated rings. The molecule has 2 aliphatic carbocycles. The van der Waals surface area contributed by atoms with Crippen molar-refractivity contribution < 1.29 is 9.53 Å². The summed E-state index contributed by atoms with van der Waals surface area (Å²) in [6, 6.07) is 0.397. The second kappa shape index (κ2) is 8.10. The summed E-state index contributed by atoms with van der Waals surface area (Å²) in [5.41, 5.74) is 0. The molecule has 0 bridgehead atoms. The molecule has 0 aromatic heterocycles. The fourth-order valence-electron chi connectivity index (χ4n) is 2.86. The molecule has 0 amide bonds. The van der Waals surface area contributed by atoms with Gasteiger partial charge in [0.1, 0.15) is 0 Å². The molecule has 0 spiro atoms. The van der Waals surface area contributed by atoms with Crippen LogP contribution in [0.25, 0.3) is 0 Å². The first kappa shape index (κ1) is 15.1. The third-order valence-corrected chi connectivity index (χ3v) is 5.20. The van der Waals surface area contributed by atoms with E-state index in [1.54, 1.807) is 0 Å². The predicted octanol–water partition coefficient (Wildman–Crippen LogP) is 4.40. The van der Waals surface area contributed by atoms with Crippen molar-refractivity contribution in [3.05, 3.63) is 0 Å². The van der Waals surface area contributed by atoms with E-state index in [4.69, 9.17) is 17.0 Å². The number of ether oxygens (including phenoxy) is 1. The van der Waals surface area contributed by atoms with Crippen molar-refractivity contribution in [3.63, 3.8) is 0 Å². The highest BCUT2D eigenvalue weighted by Crippen LogP contribution is 2.29. The van der Waals surface area contributed by atoms with E-state index in [2.05, 4.69) is 5.32 Å². The van der Waals surface area contributed by atoms with Crippen LogP contribution < -0.4 is 5.32 Å². The number of hydrogen-bond acceptors (Lipinski definition) is 4. The molecule has 0 radical (unpaired) electrons. The highest BCUT2D eigenvalue weighted by atomic mass is 32.2. The van der Waals surface area contributed by atoms with Gasteiger partial charge in [-0.25, -0.2) is 4.79 Å². The summed E-state index contributed by atoms with van der Waals surface area (Å²) < 4.78 is 5.20. The minimum Gasteiger partial charge on any atom is -0.391 e. The molecule has 1 N–H and O–H groups in total. The SMILES string of the molecule is O=C(OC(=S)NC1CCCCC1)SC1CCCCC1. The first-order valence-electron chi connectivity index (χ1n) is 7.43. The Labute approximate surface area is 125 Å². The van der Waals surface area contributed by atoms with Gasteiger partial charge >= 0.3 is 5.30 Å². The number of thioether (sulfide) groups is 1. The molecule has 5 heteroatoms. The van der Waals surface area contributed by atoms with E-state index in [1.807, 2.05) is 0 Å². The van der Waals surface area contributed by atoms with Crippen molar-refractivity contribution >= 4 is 34.5 Å². The molecule has 0 saturated heterocycles. The van der Waals surface area contributed by atoms with Crippen LogP contribution in [0.2, 0.25) is 0 Å². The van der Waals surface area contributed by atoms with Crippen LogP contribution in [-0.2, 0) is 4.74 Å². The molecule has 0 aromatic carbocycles. The average molecular weight is 301 g/mol. The van der Waals surface area contributed by atoms with Crippen LogP contribution in [0.5, 0.6) is 0 Å². The first-order chi connectivity index (χ1) is 9.24. The normalized spacial score (nSPS) is 21.9. The van der Waals surface area contributed by atoms with Crippen LogP contribution in [0.4, 0.5) is 4.79 Å². The number of carbonyl (C=O) groups is 1. The van der Waals surface area contributed by atoms with Crippen molar-refractivity contribution in [3.8, 4) is 0 Å². The fraction of sp³-hybridized carbons (Fsp3) is 0.857. The lowest BCUT2D eigenvalue weighted by Gasteiger charge is -2.24. The standard InChI is InChI=1S/C14H23NO2S2/c16-14(19-12-9-5-2-6-10-12)17-13(18)15-11-7-3-1-4-8-11/h11-12H,1-10H2,(H,15,18). The fourth-order valence-corrected chi connectivity index (χ4v) is 4.13. The molecule has 0 atom stereocenters. The maximum atomic E-state index is 11.8. The van der Waals surface area contributed by atoms with Gasteiger partial charge in [0.15, 0.2) is 0 Å². The Kier molecular flexibility index (Phi) is 6.44. The van der Waals surface area contributed by atoms with Crippen LogP contribution in [0.15, 0.2) is 0 Å². The zero-order chi connectivity index (χ0) is 13.5. The van der Waals surface area contributed by atoms with Crippen molar-refractivity contribution in [1.29, 1.82) is 0 Å². The maximum Gasteiger partial charge on any atom is 0.374 e. The first-order valence-corrected chi connectivity index (χ1v) is 8.72. The number of hydrogen-bond donors (Lipinski definition) is 1. The molecular weight excluding hydrogens is 278 g/mol. The van der Waals surface area contributed by atoms with Gasteiger partial charge in [0.25, 0.3) is 5.17 Å². The number of carbonyl (C=O) groups excluding carboxylic acids is 1. The van der Waals surface area contributed by atoms with Gasteiger partial charge in [0.05, 0.1) is 0 Å². The van der Waals surface area contributed by atoms with E-state index in [1.165, 1.54) is 50.3 Å². The second-order valence-electron chi connectivity index (χ2n) is 5.50. The molecular formula is C14H23NO2S2. The zero-order valence-corrected chi connectivity index (χ0v) is 13.0. The lowest BCUT2D eigenvalue weighted by molar-refractivity contribution is 0.222. The predicted molar refractivity (Wildman–Crippen MR) is 83.6 cm³/mol. The van der Waals surface area contributed by atoms with Crippen molar-refractivity contribution in [1.82, 2.24) is 5.32 Å². The van der Waals surface area contributed by atoms with Crippen molar-refractivity contribution in [2.24, 2.45) is 0 Å². The Hall–Kier alpha value is -0.290. The Morgan fingerprint density at radius 3 is 2.21 bits per heavy atom. The second-order valence-corrected chi connectivity index (χ2v) is 7.10. The van der Waals surface area contributed by atoms with E-state index in [9.17, 15) is 4.79 Å². The van der Waals surface area contributed by atoms with Crippen LogP contribution in [0.3, 0.4) is 0 Å². The summed E-state index contributed by atoms with van der Waals surface area (Å²) in [6.45, 7) is 0. The lowest BCUT2D eigenvalue weighted by Crippen LogP contribution is -2.37. The minimum absolute atomic E-state index is 0.236. The summed E-state index contributed by atoms with van der Waals surface area (Å²) in [7, 11) is 0. The zero-order valence-electron chi connectivity index (χ0n) is 11.4. The van der Waals surface area contributed by atoms with Gasteiger partial charge in [-0.3, -0.25) is 0 Å². The topological polar surface area (TPSA) is 38.3 Å². The molecule has 0 heterocycles. The third kappa shape index (κ3) is 5.69. The van der Waals surface area contributed by atoms with E-state index in [0.29, 0.717) is 11.3 Å². The van der Waals surface area contributed by atoms with Crippen LogP contribution in [0, 0.1) is 0 Å². The minimum atomic E-state index is -0.236. The molecule has 0 aliphatic heterocycles. The van der Waals surface area contributed by atoms with Gasteiger partial charge < -0.3 is 10.1 Å². The average Bonchev–Trinajstić information content (AvgIpc) is 2.40. The van der Waals surface area contributed by atoms with E-state index >= 15 is 0 Å². The van der Waals surface area contributed by atoms with Gasteiger partial charge in [-0.2, -0.15) is 0 Å². The number of nitrogens with one attached hydrogen (secondary N) is 1. The van der Waals surface area contributed by atoms with Crippen molar-refractivity contribution in [2.45, 2.75) is 75.5 Å². The molecule has 0 aromatic rings. The quantitative estimate of drug-likeness (QED) is 0.604. The van der Waals surface area contributed by atoms with Crippen LogP contribution in [-0.4, -0.2) is 21.8 Å². The molecule has 3 nitrogen and oxygen atoms in total. The van der Waals surface area contributed by atoms with Gasteiger partial charge in [-0.05, 0) is 49.7 Å².